The van der Waals surface area contributed by atoms with Gasteiger partial charge in [-0.1, -0.05) is 31.0 Å². The minimum absolute atomic E-state index is 0.0584. The van der Waals surface area contributed by atoms with Gasteiger partial charge in [-0.2, -0.15) is 5.26 Å². The molecule has 0 bridgehead atoms. The van der Waals surface area contributed by atoms with Crippen molar-refractivity contribution in [2.24, 2.45) is 5.92 Å². The van der Waals surface area contributed by atoms with Gasteiger partial charge in [0.25, 0.3) is 0 Å². The Morgan fingerprint density at radius 2 is 1.90 bits per heavy atom. The Bertz CT molecular complexity index is 1020. The molecule has 0 radical (unpaired) electrons. The maximum absolute atomic E-state index is 14.3. The Hall–Kier alpha value is -2.56. The second kappa shape index (κ2) is 9.29. The second-order valence-corrected chi connectivity index (χ2v) is 11.0. The lowest BCUT2D eigenvalue weighted by Gasteiger charge is -2.38. The summed E-state index contributed by atoms with van der Waals surface area (Å²) >= 11 is 0. The van der Waals surface area contributed by atoms with Gasteiger partial charge in [-0.3, -0.25) is 4.79 Å². The molecule has 1 fully saturated rings. The summed E-state index contributed by atoms with van der Waals surface area (Å²) in [6, 6.07) is 13.9. The summed E-state index contributed by atoms with van der Waals surface area (Å²) in [5.74, 6) is 0.0612. The van der Waals surface area contributed by atoms with Crippen molar-refractivity contribution in [2.75, 3.05) is 5.32 Å². The zero-order valence-electron chi connectivity index (χ0n) is 18.1. The van der Waals surface area contributed by atoms with Gasteiger partial charge in [0.1, 0.15) is 5.82 Å². The van der Waals surface area contributed by atoms with E-state index in [9.17, 15) is 18.7 Å². The molecule has 7 heteroatoms. The van der Waals surface area contributed by atoms with Crippen molar-refractivity contribution in [3.8, 4) is 6.07 Å². The molecule has 2 atom stereocenters. The largest absolute Gasteiger partial charge is 0.326 e. The molecule has 0 saturated heterocycles. The molecule has 3 rings (SSSR count). The number of halogens is 1. The van der Waals surface area contributed by atoms with Crippen molar-refractivity contribution in [2.45, 2.75) is 56.7 Å². The van der Waals surface area contributed by atoms with Gasteiger partial charge in [-0.15, -0.1) is 0 Å². The second-order valence-electron chi connectivity index (χ2n) is 9.02. The first-order valence-electron chi connectivity index (χ1n) is 10.4. The number of amides is 1. The first-order valence-corrected chi connectivity index (χ1v) is 11.5. The van der Waals surface area contributed by atoms with Crippen LogP contribution in [0.1, 0.15) is 63.1 Å². The van der Waals surface area contributed by atoms with Crippen LogP contribution in [0.4, 0.5) is 10.1 Å². The standard InChI is InChI=1S/C24H28FN3O2S/c1-23(2,3)31(30)28-24(12-11-17-7-8-17,19-6-4-5-18(13-19)15-26)20-9-10-21(25)22(14-20)27-16-29/h4-6,9-10,13-14,16-17,28H,7-8,11-12H2,1-3H3,(H,27,29). The molecule has 0 aliphatic heterocycles. The molecule has 1 saturated carbocycles. The highest BCUT2D eigenvalue weighted by molar-refractivity contribution is 7.84. The monoisotopic (exact) mass is 441 g/mol. The normalized spacial score (nSPS) is 16.7. The van der Waals surface area contributed by atoms with Crippen LogP contribution >= 0.6 is 0 Å². The molecular formula is C24H28FN3O2S. The lowest BCUT2D eigenvalue weighted by Crippen LogP contribution is -2.49. The SMILES string of the molecule is CC(C)(C)S(=O)NC(CCC1CC1)(c1cccc(C#N)c1)c1ccc(F)c(NC=O)c1. The van der Waals surface area contributed by atoms with Crippen LogP contribution in [0.25, 0.3) is 0 Å². The van der Waals surface area contributed by atoms with E-state index in [1.165, 1.54) is 6.07 Å². The van der Waals surface area contributed by atoms with E-state index in [1.54, 1.807) is 30.3 Å². The molecule has 2 aromatic rings. The van der Waals surface area contributed by atoms with Crippen LogP contribution in [-0.4, -0.2) is 15.4 Å². The lowest BCUT2D eigenvalue weighted by molar-refractivity contribution is -0.105. The van der Waals surface area contributed by atoms with Gasteiger partial charge in [0, 0.05) is 0 Å². The van der Waals surface area contributed by atoms with E-state index >= 15 is 0 Å². The molecule has 1 aliphatic carbocycles. The average Bonchev–Trinajstić information content (AvgIpc) is 3.56. The van der Waals surface area contributed by atoms with E-state index in [0.717, 1.165) is 24.8 Å². The van der Waals surface area contributed by atoms with Crippen molar-refractivity contribution in [3.63, 3.8) is 0 Å². The zero-order valence-corrected chi connectivity index (χ0v) is 18.9. The van der Waals surface area contributed by atoms with Crippen molar-refractivity contribution in [3.05, 3.63) is 65.0 Å². The Balaban J connectivity index is 2.21. The van der Waals surface area contributed by atoms with E-state index in [-0.39, 0.29) is 5.69 Å². The van der Waals surface area contributed by atoms with Crippen LogP contribution in [0, 0.1) is 23.1 Å². The van der Waals surface area contributed by atoms with E-state index in [1.807, 2.05) is 26.8 Å². The van der Waals surface area contributed by atoms with Gasteiger partial charge in [-0.05, 0) is 74.9 Å². The molecule has 1 aliphatic rings. The third kappa shape index (κ3) is 5.38. The van der Waals surface area contributed by atoms with Crippen LogP contribution < -0.4 is 10.0 Å². The number of carbonyl (C=O) groups is 1. The molecule has 2 aromatic carbocycles. The fourth-order valence-electron chi connectivity index (χ4n) is 3.58. The van der Waals surface area contributed by atoms with Crippen molar-refractivity contribution in [1.29, 1.82) is 5.26 Å². The summed E-state index contributed by atoms with van der Waals surface area (Å²) < 4.78 is 30.4. The molecule has 1 amide bonds. The maximum Gasteiger partial charge on any atom is 0.211 e. The van der Waals surface area contributed by atoms with Gasteiger partial charge in [0.2, 0.25) is 6.41 Å². The van der Waals surface area contributed by atoms with Crippen LogP contribution in [0.15, 0.2) is 42.5 Å². The number of benzene rings is 2. The first kappa shape index (κ1) is 23.1. The Morgan fingerprint density at radius 1 is 1.19 bits per heavy atom. The maximum atomic E-state index is 14.3. The van der Waals surface area contributed by atoms with Crippen LogP contribution in [0.3, 0.4) is 0 Å². The Morgan fingerprint density at radius 3 is 2.52 bits per heavy atom. The number of nitrogens with zero attached hydrogens (tertiary/aromatic N) is 1. The smallest absolute Gasteiger partial charge is 0.211 e. The molecule has 164 valence electrons. The Labute approximate surface area is 185 Å². The third-order valence-electron chi connectivity index (χ3n) is 5.61. The summed E-state index contributed by atoms with van der Waals surface area (Å²) in [4.78, 5) is 11.0. The average molecular weight is 442 g/mol. The lowest BCUT2D eigenvalue weighted by atomic mass is 9.79. The fraction of sp³-hybridized carbons (Fsp3) is 0.417. The van der Waals surface area contributed by atoms with E-state index in [0.29, 0.717) is 29.9 Å². The molecule has 2 unspecified atom stereocenters. The number of nitriles is 1. The molecule has 0 heterocycles. The molecule has 2 N–H and O–H groups in total. The van der Waals surface area contributed by atoms with E-state index in [2.05, 4.69) is 16.1 Å². The molecular weight excluding hydrogens is 413 g/mol. The quantitative estimate of drug-likeness (QED) is 0.551. The number of rotatable bonds is 9. The Kier molecular flexibility index (Phi) is 6.93. The van der Waals surface area contributed by atoms with Gasteiger partial charge < -0.3 is 5.32 Å². The summed E-state index contributed by atoms with van der Waals surface area (Å²) in [5, 5.41) is 11.9. The summed E-state index contributed by atoms with van der Waals surface area (Å²) in [7, 11) is -1.44. The summed E-state index contributed by atoms with van der Waals surface area (Å²) in [5.41, 5.74) is 1.11. The fourth-order valence-corrected chi connectivity index (χ4v) is 4.54. The van der Waals surface area contributed by atoms with E-state index in [4.69, 9.17) is 0 Å². The van der Waals surface area contributed by atoms with Gasteiger partial charge >= 0.3 is 0 Å². The van der Waals surface area contributed by atoms with Crippen LogP contribution in [0.5, 0.6) is 0 Å². The summed E-state index contributed by atoms with van der Waals surface area (Å²) in [6.45, 7) is 5.66. The van der Waals surface area contributed by atoms with Crippen molar-refractivity contribution in [1.82, 2.24) is 4.72 Å². The van der Waals surface area contributed by atoms with Gasteiger partial charge in [-0.25, -0.2) is 13.3 Å². The minimum Gasteiger partial charge on any atom is -0.326 e. The highest BCUT2D eigenvalue weighted by Crippen LogP contribution is 2.42. The topological polar surface area (TPSA) is 82.0 Å². The highest BCUT2D eigenvalue weighted by atomic mass is 32.2. The summed E-state index contributed by atoms with van der Waals surface area (Å²) in [6.07, 6.45) is 4.29. The molecule has 31 heavy (non-hydrogen) atoms. The molecule has 0 spiro atoms. The molecule has 0 aromatic heterocycles. The minimum atomic E-state index is -1.44. The van der Waals surface area contributed by atoms with E-state index < -0.39 is 27.1 Å². The number of nitrogens with one attached hydrogen (secondary N) is 2. The highest BCUT2D eigenvalue weighted by Gasteiger charge is 2.40. The number of carbonyl (C=O) groups excluding carboxylic acids is 1. The predicted molar refractivity (Wildman–Crippen MR) is 121 cm³/mol. The third-order valence-corrected chi connectivity index (χ3v) is 7.25. The zero-order chi connectivity index (χ0) is 22.6. The predicted octanol–water partition coefficient (Wildman–Crippen LogP) is 4.75. The van der Waals surface area contributed by atoms with Crippen molar-refractivity contribution >= 4 is 23.1 Å². The van der Waals surface area contributed by atoms with Gasteiger partial charge in [0.15, 0.2) is 0 Å². The number of anilines is 1. The van der Waals surface area contributed by atoms with Gasteiger partial charge in [0.05, 0.1) is 38.6 Å². The number of hydrogen-bond donors (Lipinski definition) is 2. The number of hydrogen-bond acceptors (Lipinski definition) is 3. The van der Waals surface area contributed by atoms with Crippen LogP contribution in [-0.2, 0) is 21.3 Å². The molecule has 5 nitrogen and oxygen atoms in total. The van der Waals surface area contributed by atoms with Crippen molar-refractivity contribution < 1.29 is 13.4 Å². The first-order chi connectivity index (χ1) is 14.7. The van der Waals surface area contributed by atoms with Crippen LogP contribution in [0.2, 0.25) is 0 Å².